The zero-order chi connectivity index (χ0) is 17.1. The number of amides is 1. The largest absolute Gasteiger partial charge is 0.366 e. The highest BCUT2D eigenvalue weighted by Gasteiger charge is 2.15. The smallest absolute Gasteiger partial charge is 0.257 e. The van der Waals surface area contributed by atoms with E-state index >= 15 is 0 Å². The first-order chi connectivity index (χ1) is 12.3. The standard InChI is InChI=1S/C20H15N3OS/c24-20(18-13-22-12-17(18)19-7-3-9-25-19)23-16-6-1-4-14(10-16)15-5-2-8-21-11-15/h1-13,22H,(H,23,24). The molecule has 1 aromatic carbocycles. The van der Waals surface area contributed by atoms with Crippen LogP contribution in [0.5, 0.6) is 0 Å². The molecular formula is C20H15N3OS. The van der Waals surface area contributed by atoms with Crippen molar-refractivity contribution in [2.45, 2.75) is 0 Å². The monoisotopic (exact) mass is 345 g/mol. The van der Waals surface area contributed by atoms with Crippen molar-refractivity contribution < 1.29 is 4.79 Å². The number of thiophene rings is 1. The lowest BCUT2D eigenvalue weighted by atomic mass is 10.1. The van der Waals surface area contributed by atoms with Crippen LogP contribution in [0.1, 0.15) is 10.4 Å². The van der Waals surface area contributed by atoms with Gasteiger partial charge in [0.25, 0.3) is 5.91 Å². The maximum atomic E-state index is 12.7. The fourth-order valence-corrected chi connectivity index (χ4v) is 3.45. The van der Waals surface area contributed by atoms with Crippen LogP contribution in [-0.4, -0.2) is 15.9 Å². The van der Waals surface area contributed by atoms with Crippen LogP contribution in [0, 0.1) is 0 Å². The maximum absolute atomic E-state index is 12.7. The number of benzene rings is 1. The average Bonchev–Trinajstić information content (AvgIpc) is 3.34. The summed E-state index contributed by atoms with van der Waals surface area (Å²) in [6, 6.07) is 15.6. The summed E-state index contributed by atoms with van der Waals surface area (Å²) in [4.78, 5) is 20.9. The van der Waals surface area contributed by atoms with E-state index in [-0.39, 0.29) is 5.91 Å². The van der Waals surface area contributed by atoms with Crippen molar-refractivity contribution >= 4 is 22.9 Å². The number of H-pyrrole nitrogens is 1. The number of aromatic nitrogens is 2. The summed E-state index contributed by atoms with van der Waals surface area (Å²) in [6.45, 7) is 0. The zero-order valence-corrected chi connectivity index (χ0v) is 14.1. The predicted octanol–water partition coefficient (Wildman–Crippen LogP) is 5.06. The highest BCUT2D eigenvalue weighted by molar-refractivity contribution is 7.13. The van der Waals surface area contributed by atoms with E-state index in [1.807, 2.05) is 66.3 Å². The van der Waals surface area contributed by atoms with Crippen LogP contribution < -0.4 is 5.32 Å². The third-order valence-electron chi connectivity index (χ3n) is 3.89. The normalized spacial score (nSPS) is 10.6. The number of nitrogens with one attached hydrogen (secondary N) is 2. The van der Waals surface area contributed by atoms with Crippen molar-refractivity contribution in [1.82, 2.24) is 9.97 Å². The number of rotatable bonds is 4. The molecule has 0 aliphatic heterocycles. The van der Waals surface area contributed by atoms with E-state index in [1.165, 1.54) is 0 Å². The number of pyridine rings is 1. The Hall–Kier alpha value is -3.18. The van der Waals surface area contributed by atoms with Crippen molar-refractivity contribution in [2.75, 3.05) is 5.32 Å². The van der Waals surface area contributed by atoms with Gasteiger partial charge in [-0.2, -0.15) is 0 Å². The van der Waals surface area contributed by atoms with Gasteiger partial charge in [-0.3, -0.25) is 9.78 Å². The Kier molecular flexibility index (Phi) is 4.14. The second kappa shape index (κ2) is 6.75. The van der Waals surface area contributed by atoms with Crippen molar-refractivity contribution in [2.24, 2.45) is 0 Å². The minimum Gasteiger partial charge on any atom is -0.366 e. The summed E-state index contributed by atoms with van der Waals surface area (Å²) >= 11 is 1.61. The summed E-state index contributed by atoms with van der Waals surface area (Å²) in [6.07, 6.45) is 7.14. The molecule has 0 fully saturated rings. The topological polar surface area (TPSA) is 57.8 Å². The molecule has 0 saturated carbocycles. The lowest BCUT2D eigenvalue weighted by Gasteiger charge is -2.08. The molecule has 2 N–H and O–H groups in total. The van der Waals surface area contributed by atoms with Gasteiger partial charge in [0.15, 0.2) is 0 Å². The van der Waals surface area contributed by atoms with Gasteiger partial charge in [0, 0.05) is 46.5 Å². The molecule has 3 heterocycles. The predicted molar refractivity (Wildman–Crippen MR) is 102 cm³/mol. The van der Waals surface area contributed by atoms with Crippen LogP contribution in [0.3, 0.4) is 0 Å². The molecule has 5 heteroatoms. The lowest BCUT2D eigenvalue weighted by Crippen LogP contribution is -2.11. The second-order valence-corrected chi connectivity index (χ2v) is 6.48. The Bertz CT molecular complexity index is 991. The highest BCUT2D eigenvalue weighted by Crippen LogP contribution is 2.29. The molecular weight excluding hydrogens is 330 g/mol. The summed E-state index contributed by atoms with van der Waals surface area (Å²) in [7, 11) is 0. The van der Waals surface area contributed by atoms with Crippen LogP contribution in [0.25, 0.3) is 21.6 Å². The van der Waals surface area contributed by atoms with E-state index in [4.69, 9.17) is 0 Å². The number of hydrogen-bond acceptors (Lipinski definition) is 3. The molecule has 0 atom stereocenters. The summed E-state index contributed by atoms with van der Waals surface area (Å²) in [5.41, 5.74) is 4.33. The summed E-state index contributed by atoms with van der Waals surface area (Å²) in [5.74, 6) is -0.131. The van der Waals surface area contributed by atoms with Gasteiger partial charge in [-0.15, -0.1) is 11.3 Å². The van der Waals surface area contributed by atoms with Gasteiger partial charge >= 0.3 is 0 Å². The molecule has 4 nitrogen and oxygen atoms in total. The van der Waals surface area contributed by atoms with Gasteiger partial charge < -0.3 is 10.3 Å². The van der Waals surface area contributed by atoms with Crippen LogP contribution in [0.15, 0.2) is 78.7 Å². The number of aromatic amines is 1. The molecule has 4 aromatic rings. The van der Waals surface area contributed by atoms with Gasteiger partial charge in [-0.05, 0) is 35.2 Å². The van der Waals surface area contributed by atoms with Crippen molar-refractivity contribution in [1.29, 1.82) is 0 Å². The Morgan fingerprint density at radius 1 is 1.04 bits per heavy atom. The molecule has 25 heavy (non-hydrogen) atoms. The minimum absolute atomic E-state index is 0.131. The quantitative estimate of drug-likeness (QED) is 0.543. The van der Waals surface area contributed by atoms with E-state index in [9.17, 15) is 4.79 Å². The third kappa shape index (κ3) is 3.22. The van der Waals surface area contributed by atoms with E-state index in [2.05, 4.69) is 15.3 Å². The highest BCUT2D eigenvalue weighted by atomic mass is 32.1. The molecule has 122 valence electrons. The van der Waals surface area contributed by atoms with E-state index in [1.54, 1.807) is 23.7 Å². The first kappa shape index (κ1) is 15.4. The van der Waals surface area contributed by atoms with Crippen LogP contribution in [0.4, 0.5) is 5.69 Å². The number of nitrogens with zero attached hydrogens (tertiary/aromatic N) is 1. The molecule has 1 amide bonds. The van der Waals surface area contributed by atoms with Crippen LogP contribution in [0.2, 0.25) is 0 Å². The minimum atomic E-state index is -0.131. The maximum Gasteiger partial charge on any atom is 0.257 e. The Balaban J connectivity index is 1.59. The van der Waals surface area contributed by atoms with Gasteiger partial charge in [0.05, 0.1) is 5.56 Å². The van der Waals surface area contributed by atoms with Crippen molar-refractivity contribution in [3.8, 4) is 21.6 Å². The molecule has 0 aliphatic rings. The second-order valence-electron chi connectivity index (χ2n) is 5.54. The van der Waals surface area contributed by atoms with E-state index < -0.39 is 0 Å². The fraction of sp³-hybridized carbons (Fsp3) is 0. The van der Waals surface area contributed by atoms with Crippen molar-refractivity contribution in [3.63, 3.8) is 0 Å². The molecule has 0 aliphatic carbocycles. The number of carbonyl (C=O) groups excluding carboxylic acids is 1. The third-order valence-corrected chi connectivity index (χ3v) is 4.80. The van der Waals surface area contributed by atoms with Gasteiger partial charge in [0.2, 0.25) is 0 Å². The Labute approximate surface area is 149 Å². The fourth-order valence-electron chi connectivity index (χ4n) is 2.70. The number of anilines is 1. The Morgan fingerprint density at radius 3 is 2.76 bits per heavy atom. The van der Waals surface area contributed by atoms with Gasteiger partial charge in [-0.25, -0.2) is 0 Å². The number of carbonyl (C=O) groups is 1. The lowest BCUT2D eigenvalue weighted by molar-refractivity contribution is 0.102. The van der Waals surface area contributed by atoms with Crippen LogP contribution >= 0.6 is 11.3 Å². The average molecular weight is 345 g/mol. The van der Waals surface area contributed by atoms with Crippen molar-refractivity contribution in [3.05, 3.63) is 84.3 Å². The van der Waals surface area contributed by atoms with Crippen LogP contribution in [-0.2, 0) is 0 Å². The molecule has 3 aromatic heterocycles. The first-order valence-electron chi connectivity index (χ1n) is 7.84. The first-order valence-corrected chi connectivity index (χ1v) is 8.72. The van der Waals surface area contributed by atoms with E-state index in [0.717, 1.165) is 27.3 Å². The summed E-state index contributed by atoms with van der Waals surface area (Å²) in [5, 5.41) is 4.98. The molecule has 0 saturated heterocycles. The SMILES string of the molecule is O=C(Nc1cccc(-c2cccnc2)c1)c1c[nH]cc1-c1cccs1. The zero-order valence-electron chi connectivity index (χ0n) is 13.3. The van der Waals surface area contributed by atoms with E-state index in [0.29, 0.717) is 5.56 Å². The molecule has 0 unspecified atom stereocenters. The number of hydrogen-bond donors (Lipinski definition) is 2. The van der Waals surface area contributed by atoms with Gasteiger partial charge in [-0.1, -0.05) is 24.3 Å². The molecule has 0 spiro atoms. The molecule has 0 bridgehead atoms. The molecule has 4 rings (SSSR count). The Morgan fingerprint density at radius 2 is 1.96 bits per heavy atom. The summed E-state index contributed by atoms with van der Waals surface area (Å²) < 4.78 is 0. The van der Waals surface area contributed by atoms with Gasteiger partial charge in [0.1, 0.15) is 0 Å². The molecule has 0 radical (unpaired) electrons.